The van der Waals surface area contributed by atoms with E-state index in [-0.39, 0.29) is 29.4 Å². The van der Waals surface area contributed by atoms with E-state index in [9.17, 15) is 14.4 Å². The van der Waals surface area contributed by atoms with Crippen LogP contribution in [0.5, 0.6) is 0 Å². The maximum atomic E-state index is 12.7. The van der Waals surface area contributed by atoms with Gasteiger partial charge in [0.1, 0.15) is 0 Å². The number of amides is 3. The van der Waals surface area contributed by atoms with Crippen molar-refractivity contribution in [3.8, 4) is 0 Å². The zero-order valence-corrected chi connectivity index (χ0v) is 14.8. The van der Waals surface area contributed by atoms with E-state index in [1.54, 1.807) is 21.9 Å². The lowest BCUT2D eigenvalue weighted by molar-refractivity contribution is -0.136. The van der Waals surface area contributed by atoms with Crippen molar-refractivity contribution in [2.24, 2.45) is 5.92 Å². The van der Waals surface area contributed by atoms with Crippen LogP contribution in [0.4, 0.5) is 0 Å². The van der Waals surface area contributed by atoms with Gasteiger partial charge in [0, 0.05) is 38.5 Å². The summed E-state index contributed by atoms with van der Waals surface area (Å²) in [7, 11) is 0. The highest BCUT2D eigenvalue weighted by atomic mass is 16.3. The Bertz CT molecular complexity index is 655. The summed E-state index contributed by atoms with van der Waals surface area (Å²) in [5.41, 5.74) is -0.585. The predicted octanol–water partition coefficient (Wildman–Crippen LogP) is 1.26. The quantitative estimate of drug-likeness (QED) is 0.873. The first-order chi connectivity index (χ1) is 11.9. The first-order valence-corrected chi connectivity index (χ1v) is 8.83. The second kappa shape index (κ2) is 6.90. The molecule has 136 valence electrons. The number of piperidine rings is 1. The molecular formula is C18H25N3O4. The molecule has 2 aliphatic heterocycles. The van der Waals surface area contributed by atoms with Crippen LogP contribution in [-0.4, -0.2) is 59.2 Å². The molecule has 1 atom stereocenters. The molecule has 2 aliphatic rings. The average Bonchev–Trinajstić information content (AvgIpc) is 3.04. The fourth-order valence-corrected chi connectivity index (χ4v) is 3.71. The molecule has 2 fully saturated rings. The number of carbonyl (C=O) groups excluding carboxylic acids is 3. The molecular weight excluding hydrogens is 322 g/mol. The van der Waals surface area contributed by atoms with E-state index in [0.717, 1.165) is 12.8 Å². The van der Waals surface area contributed by atoms with Crippen molar-refractivity contribution in [2.75, 3.05) is 26.2 Å². The van der Waals surface area contributed by atoms with Crippen LogP contribution in [-0.2, 0) is 9.59 Å². The lowest BCUT2D eigenvalue weighted by Crippen LogP contribution is -2.62. The first-order valence-electron chi connectivity index (χ1n) is 8.83. The maximum Gasteiger partial charge on any atom is 0.289 e. The first kappa shape index (κ1) is 17.5. The summed E-state index contributed by atoms with van der Waals surface area (Å²) in [5.74, 6) is -0.0189. The third kappa shape index (κ3) is 3.70. The molecule has 1 aromatic rings. The van der Waals surface area contributed by atoms with Gasteiger partial charge in [-0.25, -0.2) is 0 Å². The molecule has 3 amide bonds. The Morgan fingerprint density at radius 1 is 1.24 bits per heavy atom. The summed E-state index contributed by atoms with van der Waals surface area (Å²) in [6, 6.07) is 3.31. The van der Waals surface area contributed by atoms with E-state index in [2.05, 4.69) is 5.32 Å². The molecule has 1 N–H and O–H groups in total. The fourth-order valence-electron chi connectivity index (χ4n) is 3.71. The second-order valence-electron chi connectivity index (χ2n) is 7.30. The van der Waals surface area contributed by atoms with Gasteiger partial charge < -0.3 is 19.5 Å². The van der Waals surface area contributed by atoms with Gasteiger partial charge in [-0.1, -0.05) is 13.8 Å². The minimum atomic E-state index is -0.585. The van der Waals surface area contributed by atoms with Crippen LogP contribution in [0.3, 0.4) is 0 Å². The Morgan fingerprint density at radius 3 is 2.60 bits per heavy atom. The average molecular weight is 347 g/mol. The molecule has 7 heteroatoms. The smallest absolute Gasteiger partial charge is 0.289 e. The van der Waals surface area contributed by atoms with Crippen LogP contribution in [0.1, 0.15) is 43.7 Å². The largest absolute Gasteiger partial charge is 0.459 e. The molecule has 1 aromatic heterocycles. The van der Waals surface area contributed by atoms with Gasteiger partial charge in [0.2, 0.25) is 11.8 Å². The monoisotopic (exact) mass is 347 g/mol. The number of hydrogen-bond acceptors (Lipinski definition) is 4. The zero-order valence-electron chi connectivity index (χ0n) is 14.8. The Balaban J connectivity index is 1.87. The Kier molecular flexibility index (Phi) is 4.83. The molecule has 3 rings (SSSR count). The van der Waals surface area contributed by atoms with Gasteiger partial charge in [0.05, 0.1) is 11.8 Å². The van der Waals surface area contributed by atoms with Gasteiger partial charge in [-0.3, -0.25) is 14.4 Å². The summed E-state index contributed by atoms with van der Waals surface area (Å²) in [6.45, 7) is 5.45. The molecule has 3 heterocycles. The van der Waals surface area contributed by atoms with Crippen molar-refractivity contribution in [3.05, 3.63) is 24.2 Å². The Labute approximate surface area is 147 Å². The van der Waals surface area contributed by atoms with Crippen LogP contribution in [0.15, 0.2) is 22.8 Å². The van der Waals surface area contributed by atoms with Gasteiger partial charge in [-0.2, -0.15) is 0 Å². The number of furan rings is 1. The zero-order chi connectivity index (χ0) is 18.0. The normalized spacial score (nSPS) is 24.4. The van der Waals surface area contributed by atoms with Crippen molar-refractivity contribution >= 4 is 17.7 Å². The Morgan fingerprint density at radius 2 is 1.96 bits per heavy atom. The third-order valence-electron chi connectivity index (χ3n) is 4.92. The standard InChI is InChI=1S/C18H25N3O4/c1-13(2)16(23)20-8-9-21(17(24)14-5-4-10-25-14)12-18(11-20)7-3-6-15(22)19-18/h4-5,10,13H,3,6-9,11-12H2,1-2H3,(H,19,22)/t18-/m0/s1. The van der Waals surface area contributed by atoms with Crippen LogP contribution >= 0.6 is 0 Å². The van der Waals surface area contributed by atoms with Crippen LogP contribution in [0.25, 0.3) is 0 Å². The number of nitrogens with zero attached hydrogens (tertiary/aromatic N) is 2. The summed E-state index contributed by atoms with van der Waals surface area (Å²) >= 11 is 0. The number of carbonyl (C=O) groups is 3. The summed E-state index contributed by atoms with van der Waals surface area (Å²) in [4.78, 5) is 40.8. The molecule has 0 aromatic carbocycles. The van der Waals surface area contributed by atoms with Gasteiger partial charge >= 0.3 is 0 Å². The van der Waals surface area contributed by atoms with Gasteiger partial charge in [-0.15, -0.1) is 0 Å². The van der Waals surface area contributed by atoms with Crippen molar-refractivity contribution < 1.29 is 18.8 Å². The number of rotatable bonds is 2. The van der Waals surface area contributed by atoms with Crippen molar-refractivity contribution in [1.29, 1.82) is 0 Å². The van der Waals surface area contributed by atoms with Gasteiger partial charge in [-0.05, 0) is 25.0 Å². The van der Waals surface area contributed by atoms with Crippen LogP contribution in [0.2, 0.25) is 0 Å². The lowest BCUT2D eigenvalue weighted by atomic mass is 9.87. The van der Waals surface area contributed by atoms with Crippen LogP contribution < -0.4 is 5.32 Å². The highest BCUT2D eigenvalue weighted by Crippen LogP contribution is 2.26. The Hall–Kier alpha value is -2.31. The van der Waals surface area contributed by atoms with E-state index in [1.807, 2.05) is 13.8 Å². The molecule has 7 nitrogen and oxygen atoms in total. The van der Waals surface area contributed by atoms with E-state index in [4.69, 9.17) is 4.42 Å². The van der Waals surface area contributed by atoms with Crippen molar-refractivity contribution in [2.45, 2.75) is 38.6 Å². The van der Waals surface area contributed by atoms with Gasteiger partial charge in [0.25, 0.3) is 5.91 Å². The molecule has 0 bridgehead atoms. The summed E-state index contributed by atoms with van der Waals surface area (Å²) in [6.07, 6.45) is 3.48. The molecule has 1 spiro atoms. The minimum Gasteiger partial charge on any atom is -0.459 e. The maximum absolute atomic E-state index is 12.7. The summed E-state index contributed by atoms with van der Waals surface area (Å²) < 4.78 is 5.24. The molecule has 0 aliphatic carbocycles. The lowest BCUT2D eigenvalue weighted by Gasteiger charge is -2.41. The molecule has 25 heavy (non-hydrogen) atoms. The minimum absolute atomic E-state index is 0.0181. The van der Waals surface area contributed by atoms with E-state index in [1.165, 1.54) is 6.26 Å². The van der Waals surface area contributed by atoms with Crippen molar-refractivity contribution in [1.82, 2.24) is 15.1 Å². The molecule has 0 saturated carbocycles. The van der Waals surface area contributed by atoms with E-state index in [0.29, 0.717) is 32.6 Å². The highest BCUT2D eigenvalue weighted by Gasteiger charge is 2.43. The predicted molar refractivity (Wildman–Crippen MR) is 90.8 cm³/mol. The number of hydrogen-bond donors (Lipinski definition) is 1. The second-order valence-corrected chi connectivity index (χ2v) is 7.30. The third-order valence-corrected chi connectivity index (χ3v) is 4.92. The fraction of sp³-hybridized carbons (Fsp3) is 0.611. The van der Waals surface area contributed by atoms with Crippen LogP contribution in [0, 0.1) is 5.92 Å². The number of nitrogens with one attached hydrogen (secondary N) is 1. The molecule has 0 radical (unpaired) electrons. The topological polar surface area (TPSA) is 82.9 Å². The molecule has 2 saturated heterocycles. The molecule has 0 unspecified atom stereocenters. The summed E-state index contributed by atoms with van der Waals surface area (Å²) in [5, 5.41) is 3.07. The highest BCUT2D eigenvalue weighted by molar-refractivity contribution is 5.91. The van der Waals surface area contributed by atoms with E-state index < -0.39 is 5.54 Å². The van der Waals surface area contributed by atoms with E-state index >= 15 is 0 Å². The SMILES string of the molecule is CC(C)C(=O)N1CCN(C(=O)c2ccco2)C[C@]2(CCCC(=O)N2)C1. The van der Waals surface area contributed by atoms with Crippen molar-refractivity contribution in [3.63, 3.8) is 0 Å². The van der Waals surface area contributed by atoms with Gasteiger partial charge in [0.15, 0.2) is 5.76 Å².